The fourth-order valence-electron chi connectivity index (χ4n) is 2.28. The highest BCUT2D eigenvalue weighted by molar-refractivity contribution is 5.94. The van der Waals surface area contributed by atoms with E-state index in [0.717, 1.165) is 6.07 Å². The number of carbonyl (C=O) groups excluding carboxylic acids is 1. The first kappa shape index (κ1) is 14.4. The van der Waals surface area contributed by atoms with Gasteiger partial charge in [0.15, 0.2) is 11.6 Å². The highest BCUT2D eigenvalue weighted by atomic mass is 19.2. The summed E-state index contributed by atoms with van der Waals surface area (Å²) in [6.45, 7) is 1.80. The molecule has 0 saturated carbocycles. The Morgan fingerprint density at radius 1 is 1.40 bits per heavy atom. The van der Waals surface area contributed by atoms with Gasteiger partial charge in [-0.2, -0.15) is 5.26 Å². The molecular formula is C14H15F2N3O. The van der Waals surface area contributed by atoms with Crippen LogP contribution in [0.5, 0.6) is 0 Å². The number of nitriles is 1. The molecule has 1 saturated heterocycles. The molecule has 0 radical (unpaired) electrons. The summed E-state index contributed by atoms with van der Waals surface area (Å²) in [5.74, 6) is -2.74. The van der Waals surface area contributed by atoms with Crippen molar-refractivity contribution in [2.45, 2.75) is 18.9 Å². The Bertz CT molecular complexity index is 534. The third-order valence-corrected chi connectivity index (χ3v) is 3.41. The van der Waals surface area contributed by atoms with Crippen LogP contribution in [0, 0.1) is 23.0 Å². The summed E-state index contributed by atoms with van der Waals surface area (Å²) in [4.78, 5) is 13.9. The Labute approximate surface area is 116 Å². The molecule has 1 heterocycles. The lowest BCUT2D eigenvalue weighted by atomic mass is 10.0. The van der Waals surface area contributed by atoms with Crippen molar-refractivity contribution >= 4 is 5.91 Å². The van der Waals surface area contributed by atoms with Crippen LogP contribution < -0.4 is 5.32 Å². The first-order chi connectivity index (χ1) is 9.61. The van der Waals surface area contributed by atoms with E-state index >= 15 is 0 Å². The van der Waals surface area contributed by atoms with E-state index in [1.165, 1.54) is 12.1 Å². The predicted octanol–water partition coefficient (Wildman–Crippen LogP) is 1.68. The number of nitrogens with zero attached hydrogens (tertiary/aromatic N) is 2. The van der Waals surface area contributed by atoms with Gasteiger partial charge in [0, 0.05) is 19.1 Å². The highest BCUT2D eigenvalue weighted by Gasteiger charge is 2.22. The van der Waals surface area contributed by atoms with Crippen LogP contribution in [-0.4, -0.2) is 36.5 Å². The van der Waals surface area contributed by atoms with E-state index in [2.05, 4.69) is 11.4 Å². The lowest BCUT2D eigenvalue weighted by Crippen LogP contribution is -2.44. The number of likely N-dealkylation sites (tertiary alicyclic amines) is 1. The summed E-state index contributed by atoms with van der Waals surface area (Å²) >= 11 is 0. The van der Waals surface area contributed by atoms with Crippen LogP contribution in [0.2, 0.25) is 0 Å². The maximum atomic E-state index is 13.5. The second kappa shape index (κ2) is 6.44. The Balaban J connectivity index is 1.93. The minimum atomic E-state index is -1.12. The van der Waals surface area contributed by atoms with Gasteiger partial charge >= 0.3 is 0 Å². The molecule has 1 N–H and O–H groups in total. The minimum Gasteiger partial charge on any atom is -0.349 e. The molecule has 2 rings (SSSR count). The average molecular weight is 279 g/mol. The van der Waals surface area contributed by atoms with Crippen molar-refractivity contribution in [2.75, 3.05) is 19.6 Å². The summed E-state index contributed by atoms with van der Waals surface area (Å²) in [6, 6.07) is 5.56. The van der Waals surface area contributed by atoms with E-state index in [4.69, 9.17) is 5.26 Å². The van der Waals surface area contributed by atoms with Gasteiger partial charge in [-0.3, -0.25) is 9.69 Å². The molecule has 0 aromatic heterocycles. The van der Waals surface area contributed by atoms with Crippen LogP contribution in [-0.2, 0) is 0 Å². The molecule has 0 bridgehead atoms. The number of piperidine rings is 1. The fraction of sp³-hybridized carbons (Fsp3) is 0.429. The molecule has 1 aliphatic rings. The topological polar surface area (TPSA) is 56.1 Å². The molecule has 20 heavy (non-hydrogen) atoms. The molecule has 1 amide bonds. The van der Waals surface area contributed by atoms with Crippen molar-refractivity contribution in [2.24, 2.45) is 0 Å². The zero-order valence-corrected chi connectivity index (χ0v) is 10.9. The third kappa shape index (κ3) is 3.31. The van der Waals surface area contributed by atoms with Gasteiger partial charge < -0.3 is 5.32 Å². The molecule has 4 nitrogen and oxygen atoms in total. The number of hydrogen-bond acceptors (Lipinski definition) is 3. The second-order valence-corrected chi connectivity index (χ2v) is 4.78. The number of halogens is 2. The van der Waals surface area contributed by atoms with Crippen LogP contribution in [0.15, 0.2) is 18.2 Å². The lowest BCUT2D eigenvalue weighted by Gasteiger charge is -2.30. The Morgan fingerprint density at radius 2 is 2.10 bits per heavy atom. The molecule has 1 aromatic rings. The summed E-state index contributed by atoms with van der Waals surface area (Å²) in [6.07, 6.45) is 1.40. The number of rotatable bonds is 3. The van der Waals surface area contributed by atoms with Gasteiger partial charge in [-0.25, -0.2) is 8.78 Å². The van der Waals surface area contributed by atoms with E-state index in [-0.39, 0.29) is 11.6 Å². The van der Waals surface area contributed by atoms with E-state index < -0.39 is 17.5 Å². The van der Waals surface area contributed by atoms with Crippen molar-refractivity contribution < 1.29 is 13.6 Å². The molecular weight excluding hydrogens is 264 g/mol. The monoisotopic (exact) mass is 279 g/mol. The van der Waals surface area contributed by atoms with Crippen molar-refractivity contribution in [1.82, 2.24) is 10.2 Å². The van der Waals surface area contributed by atoms with E-state index in [1.807, 2.05) is 4.90 Å². The van der Waals surface area contributed by atoms with Gasteiger partial charge in [-0.15, -0.1) is 0 Å². The van der Waals surface area contributed by atoms with E-state index in [0.29, 0.717) is 32.5 Å². The summed E-state index contributed by atoms with van der Waals surface area (Å²) < 4.78 is 26.6. The van der Waals surface area contributed by atoms with Crippen molar-refractivity contribution in [3.05, 3.63) is 35.4 Å². The highest BCUT2D eigenvalue weighted by Crippen LogP contribution is 2.14. The molecule has 0 unspecified atom stereocenters. The Hall–Kier alpha value is -2.00. The summed E-state index contributed by atoms with van der Waals surface area (Å²) in [7, 11) is 0. The minimum absolute atomic E-state index is 0.0693. The van der Waals surface area contributed by atoms with Crippen LogP contribution in [0.4, 0.5) is 8.78 Å². The Morgan fingerprint density at radius 3 is 2.75 bits per heavy atom. The zero-order chi connectivity index (χ0) is 14.5. The Kier molecular flexibility index (Phi) is 4.64. The van der Waals surface area contributed by atoms with E-state index in [9.17, 15) is 13.6 Å². The summed E-state index contributed by atoms with van der Waals surface area (Å²) in [5, 5.41) is 11.3. The molecule has 0 atom stereocenters. The van der Waals surface area contributed by atoms with Crippen LogP contribution >= 0.6 is 0 Å². The van der Waals surface area contributed by atoms with Gasteiger partial charge in [-0.05, 0) is 25.0 Å². The lowest BCUT2D eigenvalue weighted by molar-refractivity contribution is 0.0909. The maximum Gasteiger partial charge on any atom is 0.254 e. The van der Waals surface area contributed by atoms with E-state index in [1.54, 1.807) is 0 Å². The number of hydrogen-bond donors (Lipinski definition) is 1. The normalized spacial score (nSPS) is 16.6. The quantitative estimate of drug-likeness (QED) is 0.856. The fourth-order valence-corrected chi connectivity index (χ4v) is 2.28. The summed E-state index contributed by atoms with van der Waals surface area (Å²) in [5.41, 5.74) is -0.274. The van der Waals surface area contributed by atoms with Gasteiger partial charge in [0.05, 0.1) is 18.2 Å². The predicted molar refractivity (Wildman–Crippen MR) is 68.9 cm³/mol. The van der Waals surface area contributed by atoms with Crippen LogP contribution in [0.1, 0.15) is 23.2 Å². The number of benzene rings is 1. The van der Waals surface area contributed by atoms with Crippen molar-refractivity contribution in [1.29, 1.82) is 5.26 Å². The third-order valence-electron chi connectivity index (χ3n) is 3.41. The molecule has 106 valence electrons. The van der Waals surface area contributed by atoms with Crippen LogP contribution in [0.3, 0.4) is 0 Å². The molecule has 1 aromatic carbocycles. The second-order valence-electron chi connectivity index (χ2n) is 4.78. The SMILES string of the molecule is N#CCN1CCC(NC(=O)c2cccc(F)c2F)CC1. The molecule has 6 heteroatoms. The maximum absolute atomic E-state index is 13.5. The van der Waals surface area contributed by atoms with Gasteiger partial charge in [0.2, 0.25) is 0 Å². The van der Waals surface area contributed by atoms with Crippen molar-refractivity contribution in [3.8, 4) is 6.07 Å². The number of amides is 1. The number of carbonyl (C=O) groups is 1. The molecule has 0 aliphatic carbocycles. The van der Waals surface area contributed by atoms with Crippen LogP contribution in [0.25, 0.3) is 0 Å². The number of nitrogens with one attached hydrogen (secondary N) is 1. The van der Waals surface area contributed by atoms with Crippen molar-refractivity contribution in [3.63, 3.8) is 0 Å². The standard InChI is InChI=1S/C14H15F2N3O/c15-12-3-1-2-11(13(12)16)14(20)18-10-4-7-19(8-5-10)9-6-17/h1-3,10H,4-5,7-9H2,(H,18,20). The first-order valence-corrected chi connectivity index (χ1v) is 6.46. The van der Waals surface area contributed by atoms with Gasteiger partial charge in [0.1, 0.15) is 0 Å². The molecule has 1 fully saturated rings. The average Bonchev–Trinajstić information content (AvgIpc) is 2.44. The largest absolute Gasteiger partial charge is 0.349 e. The first-order valence-electron chi connectivity index (χ1n) is 6.46. The smallest absolute Gasteiger partial charge is 0.254 e. The molecule has 1 aliphatic heterocycles. The molecule has 0 spiro atoms. The van der Waals surface area contributed by atoms with Gasteiger partial charge in [0.25, 0.3) is 5.91 Å². The van der Waals surface area contributed by atoms with Gasteiger partial charge in [-0.1, -0.05) is 6.07 Å². The zero-order valence-electron chi connectivity index (χ0n) is 10.9.